The second-order valence-corrected chi connectivity index (χ2v) is 5.95. The summed E-state index contributed by atoms with van der Waals surface area (Å²) in [5, 5.41) is 3.35. The lowest BCUT2D eigenvalue weighted by molar-refractivity contribution is -0.136. The van der Waals surface area contributed by atoms with E-state index >= 15 is 0 Å². The van der Waals surface area contributed by atoms with Gasteiger partial charge in [0.1, 0.15) is 0 Å². The Labute approximate surface area is 123 Å². The maximum absolute atomic E-state index is 12.4. The average molecular weight is 325 g/mol. The van der Waals surface area contributed by atoms with Gasteiger partial charge in [-0.15, -0.1) is 0 Å². The monoisotopic (exact) mass is 324 g/mol. The summed E-state index contributed by atoms with van der Waals surface area (Å²) in [6.45, 7) is 4.64. The molecule has 0 aliphatic carbocycles. The molecule has 0 radical (unpaired) electrons. The van der Waals surface area contributed by atoms with Crippen molar-refractivity contribution in [3.05, 3.63) is 34.3 Å². The van der Waals surface area contributed by atoms with E-state index in [9.17, 15) is 4.79 Å². The minimum absolute atomic E-state index is 0.0177. The van der Waals surface area contributed by atoms with Gasteiger partial charge in [0.15, 0.2) is 0 Å². The molecule has 1 aromatic carbocycles. The normalized spacial score (nSPS) is 19.8. The zero-order valence-corrected chi connectivity index (χ0v) is 12.9. The van der Waals surface area contributed by atoms with Crippen molar-refractivity contribution in [2.24, 2.45) is 0 Å². The number of rotatable bonds is 5. The van der Waals surface area contributed by atoms with Gasteiger partial charge in [0.2, 0.25) is 5.91 Å². The van der Waals surface area contributed by atoms with Crippen molar-refractivity contribution >= 4 is 21.8 Å². The van der Waals surface area contributed by atoms with Gasteiger partial charge in [0.05, 0.1) is 6.04 Å². The maximum Gasteiger partial charge on any atom is 0.240 e. The Hall–Kier alpha value is -0.870. The number of nitrogens with zero attached hydrogens (tertiary/aromatic N) is 1. The predicted octanol–water partition coefficient (Wildman–Crippen LogP) is 2.94. The van der Waals surface area contributed by atoms with Crippen LogP contribution in [0.25, 0.3) is 0 Å². The van der Waals surface area contributed by atoms with Crippen LogP contribution < -0.4 is 5.32 Å². The van der Waals surface area contributed by atoms with Crippen molar-refractivity contribution in [1.29, 1.82) is 0 Å². The fourth-order valence-corrected chi connectivity index (χ4v) is 2.68. The third-order valence-electron chi connectivity index (χ3n) is 3.46. The largest absolute Gasteiger partial charge is 0.337 e. The van der Waals surface area contributed by atoms with Crippen LogP contribution in [0.15, 0.2) is 28.7 Å². The Morgan fingerprint density at radius 1 is 1.37 bits per heavy atom. The van der Waals surface area contributed by atoms with Crippen LogP contribution in [0.3, 0.4) is 0 Å². The van der Waals surface area contributed by atoms with Crippen LogP contribution in [-0.2, 0) is 11.3 Å². The fraction of sp³-hybridized carbons (Fsp3) is 0.533. The molecule has 1 aromatic rings. The molecule has 1 fully saturated rings. The van der Waals surface area contributed by atoms with Gasteiger partial charge >= 0.3 is 0 Å². The summed E-state index contributed by atoms with van der Waals surface area (Å²) < 4.78 is 1.07. The first kappa shape index (κ1) is 14.5. The molecule has 1 saturated heterocycles. The molecule has 1 amide bonds. The van der Waals surface area contributed by atoms with Crippen molar-refractivity contribution in [3.8, 4) is 0 Å². The van der Waals surface area contributed by atoms with Gasteiger partial charge < -0.3 is 10.2 Å². The molecule has 1 heterocycles. The second-order valence-electron chi connectivity index (χ2n) is 5.04. The minimum atomic E-state index is 0.0177. The van der Waals surface area contributed by atoms with Crippen molar-refractivity contribution in [2.75, 3.05) is 13.1 Å². The lowest BCUT2D eigenvalue weighted by Crippen LogP contribution is -2.50. The SMILES string of the molecule is CCCNC1CCCN(Cc2ccc(Br)cc2)C1=O. The number of hydrogen-bond acceptors (Lipinski definition) is 2. The van der Waals surface area contributed by atoms with Crippen LogP contribution in [-0.4, -0.2) is 29.9 Å². The average Bonchev–Trinajstić information content (AvgIpc) is 2.42. The zero-order valence-electron chi connectivity index (χ0n) is 11.4. The standard InChI is InChI=1S/C15H21BrN2O/c1-2-9-17-14-4-3-10-18(15(14)19)11-12-5-7-13(16)8-6-12/h5-8,14,17H,2-4,9-11H2,1H3. The Bertz CT molecular complexity index is 419. The molecule has 2 rings (SSSR count). The first-order chi connectivity index (χ1) is 9.20. The number of piperidine rings is 1. The lowest BCUT2D eigenvalue weighted by atomic mass is 10.0. The van der Waals surface area contributed by atoms with Gasteiger partial charge in [-0.1, -0.05) is 35.0 Å². The van der Waals surface area contributed by atoms with Crippen molar-refractivity contribution < 1.29 is 4.79 Å². The van der Waals surface area contributed by atoms with Gasteiger partial charge in [-0.25, -0.2) is 0 Å². The number of nitrogens with one attached hydrogen (secondary N) is 1. The van der Waals surface area contributed by atoms with Gasteiger partial charge in [0.25, 0.3) is 0 Å². The summed E-state index contributed by atoms with van der Waals surface area (Å²) in [4.78, 5) is 14.3. The van der Waals surface area contributed by atoms with E-state index in [0.717, 1.165) is 43.4 Å². The number of carbonyl (C=O) groups excluding carboxylic acids is 1. The lowest BCUT2D eigenvalue weighted by Gasteiger charge is -2.32. The molecule has 4 heteroatoms. The highest BCUT2D eigenvalue weighted by Gasteiger charge is 2.27. The van der Waals surface area contributed by atoms with Gasteiger partial charge in [-0.05, 0) is 43.5 Å². The van der Waals surface area contributed by atoms with Crippen LogP contribution in [0.5, 0.6) is 0 Å². The predicted molar refractivity (Wildman–Crippen MR) is 80.9 cm³/mol. The summed E-state index contributed by atoms with van der Waals surface area (Å²) in [6, 6.07) is 8.21. The molecular weight excluding hydrogens is 304 g/mol. The quantitative estimate of drug-likeness (QED) is 0.903. The fourth-order valence-electron chi connectivity index (χ4n) is 2.42. The number of hydrogen-bond donors (Lipinski definition) is 1. The van der Waals surface area contributed by atoms with Crippen LogP contribution in [0.2, 0.25) is 0 Å². The third kappa shape index (κ3) is 4.05. The molecule has 0 aromatic heterocycles. The van der Waals surface area contributed by atoms with Gasteiger partial charge in [0, 0.05) is 17.6 Å². The Balaban J connectivity index is 1.95. The van der Waals surface area contributed by atoms with Crippen molar-refractivity contribution in [1.82, 2.24) is 10.2 Å². The van der Waals surface area contributed by atoms with Gasteiger partial charge in [-0.2, -0.15) is 0 Å². The Morgan fingerprint density at radius 2 is 2.11 bits per heavy atom. The van der Waals surface area contributed by atoms with Crippen molar-refractivity contribution in [2.45, 2.75) is 38.8 Å². The molecular formula is C15H21BrN2O. The van der Waals surface area contributed by atoms with Crippen LogP contribution >= 0.6 is 15.9 Å². The summed E-state index contributed by atoms with van der Waals surface area (Å²) in [7, 11) is 0. The molecule has 1 atom stereocenters. The summed E-state index contributed by atoms with van der Waals surface area (Å²) in [6.07, 6.45) is 3.12. The molecule has 104 valence electrons. The number of likely N-dealkylation sites (tertiary alicyclic amines) is 1. The molecule has 1 aliphatic rings. The van der Waals surface area contributed by atoms with E-state index in [1.807, 2.05) is 17.0 Å². The summed E-state index contributed by atoms with van der Waals surface area (Å²) in [5.41, 5.74) is 1.19. The van der Waals surface area contributed by atoms with Crippen LogP contribution in [0, 0.1) is 0 Å². The molecule has 0 saturated carbocycles. The first-order valence-electron chi connectivity index (χ1n) is 6.97. The molecule has 19 heavy (non-hydrogen) atoms. The number of halogens is 1. The minimum Gasteiger partial charge on any atom is -0.337 e. The van der Waals surface area contributed by atoms with E-state index in [2.05, 4.69) is 40.3 Å². The number of carbonyl (C=O) groups is 1. The molecule has 1 aliphatic heterocycles. The van der Waals surface area contributed by atoms with Crippen molar-refractivity contribution in [3.63, 3.8) is 0 Å². The van der Waals surface area contributed by atoms with E-state index in [0.29, 0.717) is 0 Å². The van der Waals surface area contributed by atoms with E-state index in [-0.39, 0.29) is 11.9 Å². The van der Waals surface area contributed by atoms with E-state index in [4.69, 9.17) is 0 Å². The zero-order chi connectivity index (χ0) is 13.7. The smallest absolute Gasteiger partial charge is 0.240 e. The molecule has 1 unspecified atom stereocenters. The van der Waals surface area contributed by atoms with Crippen LogP contribution in [0.1, 0.15) is 31.7 Å². The molecule has 0 spiro atoms. The number of benzene rings is 1. The van der Waals surface area contributed by atoms with Crippen LogP contribution in [0.4, 0.5) is 0 Å². The second kappa shape index (κ2) is 7.06. The summed E-state index contributed by atoms with van der Waals surface area (Å²) >= 11 is 3.43. The summed E-state index contributed by atoms with van der Waals surface area (Å²) in [5.74, 6) is 0.252. The van der Waals surface area contributed by atoms with E-state index < -0.39 is 0 Å². The highest BCUT2D eigenvalue weighted by atomic mass is 79.9. The Kier molecular flexibility index (Phi) is 5.40. The molecule has 3 nitrogen and oxygen atoms in total. The maximum atomic E-state index is 12.4. The topological polar surface area (TPSA) is 32.3 Å². The highest BCUT2D eigenvalue weighted by molar-refractivity contribution is 9.10. The van der Waals surface area contributed by atoms with E-state index in [1.165, 1.54) is 5.56 Å². The first-order valence-corrected chi connectivity index (χ1v) is 7.76. The highest BCUT2D eigenvalue weighted by Crippen LogP contribution is 2.17. The van der Waals surface area contributed by atoms with Gasteiger partial charge in [-0.3, -0.25) is 4.79 Å². The third-order valence-corrected chi connectivity index (χ3v) is 3.99. The Morgan fingerprint density at radius 3 is 2.79 bits per heavy atom. The van der Waals surface area contributed by atoms with E-state index in [1.54, 1.807) is 0 Å². The molecule has 0 bridgehead atoms. The number of amides is 1. The molecule has 1 N–H and O–H groups in total.